The number of hydrogen-bond donors (Lipinski definition) is 5. The largest absolute Gasteiger partial charge is 0.480 e. The predicted octanol–water partition coefficient (Wildman–Crippen LogP) is -1.15. The van der Waals surface area contributed by atoms with E-state index < -0.39 is 36.0 Å². The Hall–Kier alpha value is -1.16. The molecule has 1 heterocycles. The highest BCUT2D eigenvalue weighted by molar-refractivity contribution is 6.40. The molecule has 0 aliphatic carbocycles. The SMILES string of the molecule is CC(C)(C)[C@H](N)C(=O)N1C[C@H](CCCB(O)O)[C@](N)(C(=O)O)C1. The summed E-state index contributed by atoms with van der Waals surface area (Å²) in [6.45, 7) is 5.67. The second-order valence-corrected chi connectivity index (χ2v) is 7.52. The van der Waals surface area contributed by atoms with Crippen molar-refractivity contribution < 1.29 is 24.7 Å². The van der Waals surface area contributed by atoms with Crippen molar-refractivity contribution in [1.29, 1.82) is 0 Å². The van der Waals surface area contributed by atoms with Crippen LogP contribution in [0.2, 0.25) is 6.32 Å². The van der Waals surface area contributed by atoms with Crippen molar-refractivity contribution in [2.75, 3.05) is 13.1 Å². The Labute approximate surface area is 137 Å². The van der Waals surface area contributed by atoms with E-state index in [1.807, 2.05) is 20.8 Å². The van der Waals surface area contributed by atoms with Crippen LogP contribution in [0.15, 0.2) is 0 Å². The van der Waals surface area contributed by atoms with E-state index in [4.69, 9.17) is 21.5 Å². The minimum atomic E-state index is -1.53. The zero-order chi connectivity index (χ0) is 18.0. The molecular weight excluding hydrogens is 301 g/mol. The van der Waals surface area contributed by atoms with Gasteiger partial charge >= 0.3 is 13.1 Å². The monoisotopic (exact) mass is 329 g/mol. The van der Waals surface area contributed by atoms with E-state index in [1.54, 1.807) is 0 Å². The Morgan fingerprint density at radius 3 is 2.39 bits per heavy atom. The lowest BCUT2D eigenvalue weighted by Gasteiger charge is -2.30. The van der Waals surface area contributed by atoms with Crippen molar-refractivity contribution in [3.63, 3.8) is 0 Å². The topological polar surface area (TPSA) is 150 Å². The first kappa shape index (κ1) is 19.9. The molecule has 0 spiro atoms. The number of carbonyl (C=O) groups excluding carboxylic acids is 1. The Bertz CT molecular complexity index is 454. The number of nitrogens with zero attached hydrogens (tertiary/aromatic N) is 1. The molecule has 8 nitrogen and oxygen atoms in total. The molecule has 1 aliphatic rings. The molecule has 7 N–H and O–H groups in total. The lowest BCUT2D eigenvalue weighted by atomic mass is 9.78. The fraction of sp³-hybridized carbons (Fsp3) is 0.857. The van der Waals surface area contributed by atoms with Crippen LogP contribution < -0.4 is 11.5 Å². The fourth-order valence-electron chi connectivity index (χ4n) is 2.81. The normalized spacial score (nSPS) is 26.2. The fourth-order valence-corrected chi connectivity index (χ4v) is 2.81. The third kappa shape index (κ3) is 4.66. The van der Waals surface area contributed by atoms with Gasteiger partial charge in [0.2, 0.25) is 5.91 Å². The lowest BCUT2D eigenvalue weighted by molar-refractivity contribution is -0.144. The summed E-state index contributed by atoms with van der Waals surface area (Å²) >= 11 is 0. The molecule has 0 aromatic carbocycles. The van der Waals surface area contributed by atoms with Crippen LogP contribution in [0.25, 0.3) is 0 Å². The van der Waals surface area contributed by atoms with Gasteiger partial charge in [0.25, 0.3) is 0 Å². The maximum atomic E-state index is 12.5. The van der Waals surface area contributed by atoms with E-state index in [2.05, 4.69) is 0 Å². The molecule has 9 heteroatoms. The van der Waals surface area contributed by atoms with Crippen molar-refractivity contribution in [2.45, 2.75) is 51.5 Å². The van der Waals surface area contributed by atoms with Gasteiger partial charge in [-0.05, 0) is 18.2 Å². The highest BCUT2D eigenvalue weighted by Crippen LogP contribution is 2.32. The molecule has 23 heavy (non-hydrogen) atoms. The molecular formula is C14H28BN3O5. The molecule has 0 aromatic rings. The van der Waals surface area contributed by atoms with Crippen LogP contribution in [0, 0.1) is 11.3 Å². The van der Waals surface area contributed by atoms with E-state index in [-0.39, 0.29) is 25.3 Å². The molecule has 3 atom stereocenters. The van der Waals surface area contributed by atoms with Crippen LogP contribution in [0.3, 0.4) is 0 Å². The first-order chi connectivity index (χ1) is 10.4. The van der Waals surface area contributed by atoms with Crippen molar-refractivity contribution in [3.8, 4) is 0 Å². The average Bonchev–Trinajstić information content (AvgIpc) is 2.74. The summed E-state index contributed by atoms with van der Waals surface area (Å²) in [7, 11) is -1.43. The summed E-state index contributed by atoms with van der Waals surface area (Å²) in [6.07, 6.45) is 0.957. The number of carboxylic acid groups (broad SMARTS) is 1. The second-order valence-electron chi connectivity index (χ2n) is 7.52. The van der Waals surface area contributed by atoms with Gasteiger partial charge in [-0.15, -0.1) is 0 Å². The van der Waals surface area contributed by atoms with Crippen LogP contribution in [0.5, 0.6) is 0 Å². The summed E-state index contributed by atoms with van der Waals surface area (Å²) in [4.78, 5) is 25.5. The molecule has 0 unspecified atom stereocenters. The van der Waals surface area contributed by atoms with Gasteiger partial charge in [-0.25, -0.2) is 0 Å². The zero-order valence-electron chi connectivity index (χ0n) is 14.0. The number of hydrogen-bond acceptors (Lipinski definition) is 6. The van der Waals surface area contributed by atoms with Gasteiger partial charge in [0.05, 0.1) is 6.04 Å². The molecule has 0 saturated carbocycles. The maximum Gasteiger partial charge on any atom is 0.451 e. The van der Waals surface area contributed by atoms with Gasteiger partial charge in [0, 0.05) is 19.0 Å². The number of likely N-dealkylation sites (tertiary alicyclic amines) is 1. The molecule has 132 valence electrons. The van der Waals surface area contributed by atoms with Crippen LogP contribution in [-0.4, -0.2) is 63.7 Å². The molecule has 1 saturated heterocycles. The van der Waals surface area contributed by atoms with Gasteiger partial charge in [-0.3, -0.25) is 9.59 Å². The predicted molar refractivity (Wildman–Crippen MR) is 86.3 cm³/mol. The molecule has 1 aliphatic heterocycles. The summed E-state index contributed by atoms with van der Waals surface area (Å²) in [6, 6.07) is -0.737. The molecule has 1 fully saturated rings. The minimum Gasteiger partial charge on any atom is -0.480 e. The van der Waals surface area contributed by atoms with Crippen molar-refractivity contribution in [1.82, 2.24) is 4.90 Å². The summed E-state index contributed by atoms with van der Waals surface area (Å²) in [5, 5.41) is 27.2. The van der Waals surface area contributed by atoms with Crippen molar-refractivity contribution in [3.05, 3.63) is 0 Å². The minimum absolute atomic E-state index is 0.0860. The van der Waals surface area contributed by atoms with Crippen molar-refractivity contribution >= 4 is 19.0 Å². The van der Waals surface area contributed by atoms with Gasteiger partial charge in [0.1, 0.15) is 5.54 Å². The molecule has 1 amide bonds. The number of rotatable bonds is 6. The van der Waals surface area contributed by atoms with Crippen LogP contribution in [-0.2, 0) is 9.59 Å². The zero-order valence-corrected chi connectivity index (χ0v) is 14.0. The number of carbonyl (C=O) groups is 2. The number of amides is 1. The number of carboxylic acids is 1. The van der Waals surface area contributed by atoms with Crippen molar-refractivity contribution in [2.24, 2.45) is 22.8 Å². The molecule has 0 aromatic heterocycles. The van der Waals surface area contributed by atoms with E-state index >= 15 is 0 Å². The lowest BCUT2D eigenvalue weighted by Crippen LogP contribution is -2.56. The third-order valence-corrected chi connectivity index (χ3v) is 4.55. The standard InChI is InChI=1S/C14H28BN3O5/c1-13(2,3)10(16)11(19)18-7-9(5-4-6-15(22)23)14(17,8-18)12(20)21/h9-10,22-23H,4-8,16-17H2,1-3H3,(H,20,21)/t9-,10+,14-/m0/s1. The quantitative estimate of drug-likeness (QED) is 0.386. The Morgan fingerprint density at radius 2 is 1.96 bits per heavy atom. The molecule has 0 bridgehead atoms. The molecule has 1 rings (SSSR count). The Morgan fingerprint density at radius 1 is 1.39 bits per heavy atom. The average molecular weight is 329 g/mol. The van der Waals surface area contributed by atoms with Gasteiger partial charge in [-0.1, -0.05) is 27.2 Å². The first-order valence-electron chi connectivity index (χ1n) is 7.82. The van der Waals surface area contributed by atoms with Crippen LogP contribution in [0.1, 0.15) is 33.6 Å². The smallest absolute Gasteiger partial charge is 0.451 e. The van der Waals surface area contributed by atoms with Gasteiger partial charge in [0.15, 0.2) is 0 Å². The van der Waals surface area contributed by atoms with Crippen LogP contribution in [0.4, 0.5) is 0 Å². The molecule has 0 radical (unpaired) electrons. The maximum absolute atomic E-state index is 12.5. The summed E-state index contributed by atoms with van der Waals surface area (Å²) < 4.78 is 0. The highest BCUT2D eigenvalue weighted by atomic mass is 16.4. The van der Waals surface area contributed by atoms with Crippen LogP contribution >= 0.6 is 0 Å². The first-order valence-corrected chi connectivity index (χ1v) is 7.82. The van der Waals surface area contributed by atoms with E-state index in [0.717, 1.165) is 0 Å². The second kappa shape index (κ2) is 7.17. The summed E-state index contributed by atoms with van der Waals surface area (Å²) in [5.74, 6) is -1.92. The number of aliphatic carboxylic acids is 1. The van der Waals surface area contributed by atoms with E-state index in [0.29, 0.717) is 12.8 Å². The van der Waals surface area contributed by atoms with E-state index in [9.17, 15) is 14.7 Å². The Balaban J connectivity index is 2.84. The van der Waals surface area contributed by atoms with Gasteiger partial charge < -0.3 is 31.5 Å². The Kier molecular flexibility index (Phi) is 6.20. The third-order valence-electron chi connectivity index (χ3n) is 4.55. The van der Waals surface area contributed by atoms with Gasteiger partial charge in [-0.2, -0.15) is 0 Å². The highest BCUT2D eigenvalue weighted by Gasteiger charge is 2.51. The summed E-state index contributed by atoms with van der Waals surface area (Å²) in [5.41, 5.74) is 10.1. The number of nitrogens with two attached hydrogens (primary N) is 2. The van der Waals surface area contributed by atoms with E-state index in [1.165, 1.54) is 4.90 Å².